The van der Waals surface area contributed by atoms with Crippen molar-refractivity contribution in [2.45, 2.75) is 19.9 Å². The number of halogens is 2. The molecule has 2 N–H and O–H groups in total. The molecule has 0 fully saturated rings. The molecule has 1 aromatic carbocycles. The lowest BCUT2D eigenvalue weighted by Crippen LogP contribution is -1.99. The first-order valence-corrected chi connectivity index (χ1v) is 7.06. The van der Waals surface area contributed by atoms with Gasteiger partial charge in [-0.2, -0.15) is 5.10 Å². The van der Waals surface area contributed by atoms with E-state index in [1.165, 1.54) is 6.07 Å². The Hall–Kier alpha value is -2.94. The summed E-state index contributed by atoms with van der Waals surface area (Å²) in [6.07, 6.45) is 3.39. The number of anilines is 1. The van der Waals surface area contributed by atoms with E-state index in [-0.39, 0.29) is 17.3 Å². The summed E-state index contributed by atoms with van der Waals surface area (Å²) in [4.78, 5) is 4.26. The molecule has 0 spiro atoms. The maximum Gasteiger partial charge on any atom is 0.164 e. The van der Waals surface area contributed by atoms with Gasteiger partial charge in [0.25, 0.3) is 0 Å². The van der Waals surface area contributed by atoms with Crippen molar-refractivity contribution in [2.24, 2.45) is 0 Å². The molecule has 0 radical (unpaired) electrons. The fraction of sp³-hybridized carbons (Fsp3) is 0.176. The summed E-state index contributed by atoms with van der Waals surface area (Å²) in [5, 5.41) is 4.40. The molecule has 3 aromatic rings. The second-order valence-electron chi connectivity index (χ2n) is 5.41. The Morgan fingerprint density at radius 3 is 2.70 bits per heavy atom. The molecule has 0 amide bonds. The molecule has 4 nitrogen and oxygen atoms in total. The predicted molar refractivity (Wildman–Crippen MR) is 84.7 cm³/mol. The minimum Gasteiger partial charge on any atom is -0.396 e. The van der Waals surface area contributed by atoms with E-state index >= 15 is 0 Å². The van der Waals surface area contributed by atoms with Gasteiger partial charge in [0.05, 0.1) is 17.4 Å². The SMILES string of the molecule is CC(C)n1cc2ncc(C#Cc3c(F)ccc(N)c3F)cc2n1. The van der Waals surface area contributed by atoms with E-state index in [0.29, 0.717) is 11.1 Å². The van der Waals surface area contributed by atoms with Gasteiger partial charge in [-0.3, -0.25) is 9.67 Å². The van der Waals surface area contributed by atoms with E-state index in [1.807, 2.05) is 20.0 Å². The number of hydrogen-bond acceptors (Lipinski definition) is 3. The van der Waals surface area contributed by atoms with E-state index in [4.69, 9.17) is 5.73 Å². The molecule has 0 unspecified atom stereocenters. The summed E-state index contributed by atoms with van der Waals surface area (Å²) >= 11 is 0. The van der Waals surface area contributed by atoms with E-state index in [9.17, 15) is 8.78 Å². The molecule has 0 saturated carbocycles. The fourth-order valence-electron chi connectivity index (χ4n) is 2.07. The number of nitrogens with two attached hydrogens (primary N) is 1. The molecule has 0 saturated heterocycles. The number of pyridine rings is 1. The molecule has 3 rings (SSSR count). The van der Waals surface area contributed by atoms with Gasteiger partial charge in [-0.05, 0) is 32.0 Å². The highest BCUT2D eigenvalue weighted by molar-refractivity contribution is 5.75. The van der Waals surface area contributed by atoms with E-state index in [2.05, 4.69) is 21.9 Å². The lowest BCUT2D eigenvalue weighted by atomic mass is 10.1. The van der Waals surface area contributed by atoms with Crippen LogP contribution in [-0.4, -0.2) is 14.8 Å². The Labute approximate surface area is 131 Å². The van der Waals surface area contributed by atoms with Gasteiger partial charge in [0.15, 0.2) is 5.82 Å². The highest BCUT2D eigenvalue weighted by atomic mass is 19.1. The van der Waals surface area contributed by atoms with Gasteiger partial charge in [0.1, 0.15) is 16.9 Å². The zero-order valence-corrected chi connectivity index (χ0v) is 12.6. The van der Waals surface area contributed by atoms with Gasteiger partial charge in [-0.15, -0.1) is 0 Å². The van der Waals surface area contributed by atoms with E-state index in [1.54, 1.807) is 16.9 Å². The molecular weight excluding hydrogens is 298 g/mol. The van der Waals surface area contributed by atoms with Crippen LogP contribution in [0, 0.1) is 23.5 Å². The van der Waals surface area contributed by atoms with Gasteiger partial charge >= 0.3 is 0 Å². The van der Waals surface area contributed by atoms with Crippen molar-refractivity contribution in [1.29, 1.82) is 0 Å². The highest BCUT2D eigenvalue weighted by Gasteiger charge is 2.09. The smallest absolute Gasteiger partial charge is 0.164 e. The largest absolute Gasteiger partial charge is 0.396 e. The molecule has 2 aromatic heterocycles. The summed E-state index contributed by atoms with van der Waals surface area (Å²) in [5.74, 6) is 3.58. The van der Waals surface area contributed by atoms with Crippen LogP contribution in [0.1, 0.15) is 31.0 Å². The predicted octanol–water partition coefficient (Wildman–Crippen LogP) is 3.27. The number of nitrogens with zero attached hydrogens (tertiary/aromatic N) is 3. The van der Waals surface area contributed by atoms with Crippen molar-refractivity contribution in [3.8, 4) is 11.8 Å². The minimum absolute atomic E-state index is 0.139. The molecule has 116 valence electrons. The number of aromatic nitrogens is 3. The zero-order valence-electron chi connectivity index (χ0n) is 12.6. The van der Waals surface area contributed by atoms with E-state index in [0.717, 1.165) is 11.6 Å². The maximum absolute atomic E-state index is 13.8. The van der Waals surface area contributed by atoms with Gasteiger partial charge in [-0.25, -0.2) is 8.78 Å². The van der Waals surface area contributed by atoms with Crippen LogP contribution in [0.3, 0.4) is 0 Å². The van der Waals surface area contributed by atoms with Crippen LogP contribution in [0.2, 0.25) is 0 Å². The number of nitrogen functional groups attached to an aromatic ring is 1. The average Bonchev–Trinajstić information content (AvgIpc) is 2.94. The Morgan fingerprint density at radius 2 is 1.96 bits per heavy atom. The quantitative estimate of drug-likeness (QED) is 0.554. The number of benzene rings is 1. The van der Waals surface area contributed by atoms with Gasteiger partial charge < -0.3 is 5.73 Å². The Kier molecular flexibility index (Phi) is 3.70. The van der Waals surface area contributed by atoms with Crippen LogP contribution in [0.4, 0.5) is 14.5 Å². The number of fused-ring (bicyclic) bond motifs is 1. The number of rotatable bonds is 1. The molecule has 0 aliphatic rings. The van der Waals surface area contributed by atoms with Crippen molar-refractivity contribution in [3.05, 3.63) is 53.4 Å². The molecule has 0 aliphatic carbocycles. The highest BCUT2D eigenvalue weighted by Crippen LogP contribution is 2.18. The molecule has 6 heteroatoms. The summed E-state index contributed by atoms with van der Waals surface area (Å²) in [7, 11) is 0. The first-order chi connectivity index (χ1) is 11.0. The van der Waals surface area contributed by atoms with Crippen LogP contribution in [-0.2, 0) is 0 Å². The van der Waals surface area contributed by atoms with Gasteiger partial charge in [0.2, 0.25) is 0 Å². The molecule has 0 atom stereocenters. The third-order valence-corrected chi connectivity index (χ3v) is 3.36. The van der Waals surface area contributed by atoms with Crippen molar-refractivity contribution >= 4 is 16.7 Å². The molecule has 23 heavy (non-hydrogen) atoms. The first kappa shape index (κ1) is 15.0. The fourth-order valence-corrected chi connectivity index (χ4v) is 2.07. The third-order valence-electron chi connectivity index (χ3n) is 3.36. The Balaban J connectivity index is 2.02. The average molecular weight is 312 g/mol. The Bertz CT molecular complexity index is 948. The van der Waals surface area contributed by atoms with Crippen LogP contribution >= 0.6 is 0 Å². The third kappa shape index (κ3) is 2.86. The second kappa shape index (κ2) is 5.69. The summed E-state index contributed by atoms with van der Waals surface area (Å²) in [6, 6.07) is 4.21. The summed E-state index contributed by atoms with van der Waals surface area (Å²) in [5.41, 5.74) is 6.88. The topological polar surface area (TPSA) is 56.7 Å². The van der Waals surface area contributed by atoms with Crippen molar-refractivity contribution in [2.75, 3.05) is 5.73 Å². The minimum atomic E-state index is -0.851. The molecule has 0 aliphatic heterocycles. The standard InChI is InChI=1S/C17H14F2N4/c1-10(2)23-9-16-15(22-23)7-11(8-21-16)3-4-12-13(18)5-6-14(20)17(12)19/h5-10H,20H2,1-2H3. The lowest BCUT2D eigenvalue weighted by molar-refractivity contribution is 0.537. The molecule has 0 bridgehead atoms. The number of hydrogen-bond donors (Lipinski definition) is 1. The van der Waals surface area contributed by atoms with Crippen LogP contribution < -0.4 is 5.73 Å². The summed E-state index contributed by atoms with van der Waals surface area (Å²) < 4.78 is 29.3. The van der Waals surface area contributed by atoms with E-state index < -0.39 is 11.6 Å². The van der Waals surface area contributed by atoms with Crippen LogP contribution in [0.15, 0.2) is 30.6 Å². The monoisotopic (exact) mass is 312 g/mol. The van der Waals surface area contributed by atoms with Gasteiger partial charge in [0, 0.05) is 17.8 Å². The van der Waals surface area contributed by atoms with Crippen LogP contribution in [0.25, 0.3) is 11.0 Å². The molecular formula is C17H14F2N4. The Morgan fingerprint density at radius 1 is 1.17 bits per heavy atom. The van der Waals surface area contributed by atoms with Gasteiger partial charge in [-0.1, -0.05) is 11.8 Å². The lowest BCUT2D eigenvalue weighted by Gasteiger charge is -2.01. The van der Waals surface area contributed by atoms with Crippen LogP contribution in [0.5, 0.6) is 0 Å². The maximum atomic E-state index is 13.8. The molecule has 2 heterocycles. The van der Waals surface area contributed by atoms with Crippen molar-refractivity contribution < 1.29 is 8.78 Å². The summed E-state index contributed by atoms with van der Waals surface area (Å²) in [6.45, 7) is 4.02. The zero-order chi connectivity index (χ0) is 16.6. The second-order valence-corrected chi connectivity index (χ2v) is 5.41. The van der Waals surface area contributed by atoms with Crippen molar-refractivity contribution in [1.82, 2.24) is 14.8 Å². The van der Waals surface area contributed by atoms with Crippen molar-refractivity contribution in [3.63, 3.8) is 0 Å². The normalized spacial score (nSPS) is 10.8. The first-order valence-electron chi connectivity index (χ1n) is 7.06.